The smallest absolute Gasteiger partial charge is 0.127 e. The molecule has 4 rings (SSSR count). The van der Waals surface area contributed by atoms with Gasteiger partial charge >= 0.3 is 0 Å². The molecule has 2 aliphatic heterocycles. The Morgan fingerprint density at radius 1 is 1.00 bits per heavy atom. The maximum Gasteiger partial charge on any atom is 0.127 e. The van der Waals surface area contributed by atoms with E-state index in [9.17, 15) is 0 Å². The van der Waals surface area contributed by atoms with Gasteiger partial charge in [-0.15, -0.1) is 0 Å². The summed E-state index contributed by atoms with van der Waals surface area (Å²) in [5, 5.41) is 0. The van der Waals surface area contributed by atoms with Crippen molar-refractivity contribution >= 4 is 0 Å². The highest BCUT2D eigenvalue weighted by Gasteiger charge is 2.29. The summed E-state index contributed by atoms with van der Waals surface area (Å²) in [7, 11) is 0. The molecule has 0 aromatic heterocycles. The number of benzene rings is 2. The monoisotopic (exact) mass is 281 g/mol. The minimum Gasteiger partial charge on any atom is -0.493 e. The lowest BCUT2D eigenvalue weighted by molar-refractivity contribution is 0.198. The van der Waals surface area contributed by atoms with Crippen LogP contribution in [0.2, 0.25) is 0 Å². The van der Waals surface area contributed by atoms with Crippen LogP contribution in [-0.2, 0) is 12.8 Å². The SMILES string of the molecule is NC(c1cccc2c1OCC2)C1COc2ccccc2C1. The molecular formula is C18H19NO2. The molecule has 2 N–H and O–H groups in total. The fourth-order valence-corrected chi connectivity index (χ4v) is 3.34. The second kappa shape index (κ2) is 5.08. The standard InChI is InChI=1S/C18H19NO2/c19-17(15-6-3-5-12-8-9-20-18(12)15)14-10-13-4-1-2-7-16(13)21-11-14/h1-7,14,17H,8-11,19H2. The van der Waals surface area contributed by atoms with Crippen LogP contribution in [-0.4, -0.2) is 13.2 Å². The van der Waals surface area contributed by atoms with E-state index in [1.54, 1.807) is 0 Å². The molecular weight excluding hydrogens is 262 g/mol. The number of hydrogen-bond donors (Lipinski definition) is 1. The number of nitrogens with two attached hydrogens (primary N) is 1. The van der Waals surface area contributed by atoms with Gasteiger partial charge in [-0.1, -0.05) is 36.4 Å². The molecule has 0 saturated heterocycles. The molecule has 2 aliphatic rings. The molecule has 0 aliphatic carbocycles. The summed E-state index contributed by atoms with van der Waals surface area (Å²) in [6.07, 6.45) is 1.95. The summed E-state index contributed by atoms with van der Waals surface area (Å²) in [5.41, 5.74) is 10.2. The van der Waals surface area contributed by atoms with Gasteiger partial charge < -0.3 is 15.2 Å². The van der Waals surface area contributed by atoms with E-state index in [1.165, 1.54) is 11.1 Å². The zero-order valence-corrected chi connectivity index (χ0v) is 11.9. The van der Waals surface area contributed by atoms with Crippen molar-refractivity contribution in [1.29, 1.82) is 0 Å². The van der Waals surface area contributed by atoms with E-state index >= 15 is 0 Å². The van der Waals surface area contributed by atoms with Gasteiger partial charge in [0.15, 0.2) is 0 Å². The summed E-state index contributed by atoms with van der Waals surface area (Å²) in [6.45, 7) is 1.44. The van der Waals surface area contributed by atoms with Crippen LogP contribution >= 0.6 is 0 Å². The molecule has 21 heavy (non-hydrogen) atoms. The van der Waals surface area contributed by atoms with Gasteiger partial charge in [-0.25, -0.2) is 0 Å². The summed E-state index contributed by atoms with van der Waals surface area (Å²) in [5.74, 6) is 2.29. The van der Waals surface area contributed by atoms with Gasteiger partial charge in [-0.2, -0.15) is 0 Å². The summed E-state index contributed by atoms with van der Waals surface area (Å²) in [4.78, 5) is 0. The van der Waals surface area contributed by atoms with Crippen molar-refractivity contribution in [2.45, 2.75) is 18.9 Å². The zero-order chi connectivity index (χ0) is 14.2. The van der Waals surface area contributed by atoms with E-state index in [2.05, 4.69) is 30.3 Å². The first-order valence-corrected chi connectivity index (χ1v) is 7.54. The Morgan fingerprint density at radius 2 is 1.86 bits per heavy atom. The average Bonchev–Trinajstić information content (AvgIpc) is 3.02. The highest BCUT2D eigenvalue weighted by molar-refractivity contribution is 5.46. The average molecular weight is 281 g/mol. The first kappa shape index (κ1) is 12.7. The largest absolute Gasteiger partial charge is 0.493 e. The molecule has 3 heteroatoms. The number of ether oxygens (including phenoxy) is 2. The lowest BCUT2D eigenvalue weighted by Gasteiger charge is -2.30. The predicted molar refractivity (Wildman–Crippen MR) is 81.7 cm³/mol. The highest BCUT2D eigenvalue weighted by atomic mass is 16.5. The van der Waals surface area contributed by atoms with E-state index < -0.39 is 0 Å². The highest BCUT2D eigenvalue weighted by Crippen LogP contribution is 2.38. The minimum absolute atomic E-state index is 0.0496. The Balaban J connectivity index is 1.62. The molecule has 3 nitrogen and oxygen atoms in total. The van der Waals surface area contributed by atoms with E-state index in [0.717, 1.165) is 36.5 Å². The van der Waals surface area contributed by atoms with Gasteiger partial charge in [-0.05, 0) is 23.6 Å². The van der Waals surface area contributed by atoms with E-state index in [-0.39, 0.29) is 12.0 Å². The van der Waals surface area contributed by atoms with Crippen LogP contribution in [0.1, 0.15) is 22.7 Å². The summed E-state index contributed by atoms with van der Waals surface area (Å²) in [6, 6.07) is 14.5. The molecule has 0 fully saturated rings. The molecule has 0 amide bonds. The van der Waals surface area contributed by atoms with Gasteiger partial charge in [0.25, 0.3) is 0 Å². The van der Waals surface area contributed by atoms with Gasteiger partial charge in [0.1, 0.15) is 11.5 Å². The van der Waals surface area contributed by atoms with Crippen LogP contribution in [0.25, 0.3) is 0 Å². The third kappa shape index (κ3) is 2.18. The number of rotatable bonds is 2. The molecule has 2 aromatic rings. The predicted octanol–water partition coefficient (Wildman–Crippen LogP) is 2.87. The van der Waals surface area contributed by atoms with Crippen LogP contribution < -0.4 is 15.2 Å². The molecule has 0 radical (unpaired) electrons. The van der Waals surface area contributed by atoms with Crippen molar-refractivity contribution in [2.24, 2.45) is 11.7 Å². The third-order valence-electron chi connectivity index (χ3n) is 4.52. The van der Waals surface area contributed by atoms with Crippen molar-refractivity contribution in [1.82, 2.24) is 0 Å². The van der Waals surface area contributed by atoms with Crippen molar-refractivity contribution in [3.05, 3.63) is 59.2 Å². The van der Waals surface area contributed by atoms with Gasteiger partial charge in [0.05, 0.1) is 13.2 Å². The number of fused-ring (bicyclic) bond motifs is 2. The maximum absolute atomic E-state index is 6.54. The first-order valence-electron chi connectivity index (χ1n) is 7.54. The first-order chi connectivity index (χ1) is 10.3. The molecule has 2 heterocycles. The Labute approximate surface area is 124 Å². The lowest BCUT2D eigenvalue weighted by atomic mass is 9.86. The molecule has 0 bridgehead atoms. The Morgan fingerprint density at radius 3 is 2.81 bits per heavy atom. The number of para-hydroxylation sites is 2. The number of hydrogen-bond acceptors (Lipinski definition) is 3. The Bertz CT molecular complexity index is 668. The van der Waals surface area contributed by atoms with Crippen molar-refractivity contribution in [3.8, 4) is 11.5 Å². The van der Waals surface area contributed by atoms with Gasteiger partial charge in [0, 0.05) is 23.9 Å². The van der Waals surface area contributed by atoms with Crippen LogP contribution in [0.15, 0.2) is 42.5 Å². The quantitative estimate of drug-likeness (QED) is 0.920. The second-order valence-corrected chi connectivity index (χ2v) is 5.84. The van der Waals surface area contributed by atoms with Gasteiger partial charge in [0.2, 0.25) is 0 Å². The molecule has 108 valence electrons. The van der Waals surface area contributed by atoms with Gasteiger partial charge in [-0.3, -0.25) is 0 Å². The summed E-state index contributed by atoms with van der Waals surface area (Å²) >= 11 is 0. The summed E-state index contributed by atoms with van der Waals surface area (Å²) < 4.78 is 11.7. The topological polar surface area (TPSA) is 44.5 Å². The molecule has 2 atom stereocenters. The normalized spacial score (nSPS) is 20.9. The van der Waals surface area contributed by atoms with Crippen molar-refractivity contribution in [3.63, 3.8) is 0 Å². The fraction of sp³-hybridized carbons (Fsp3) is 0.333. The van der Waals surface area contributed by atoms with Crippen LogP contribution in [0.3, 0.4) is 0 Å². The molecule has 2 aromatic carbocycles. The van der Waals surface area contributed by atoms with Crippen LogP contribution in [0, 0.1) is 5.92 Å². The Kier molecular flexibility index (Phi) is 3.08. The van der Waals surface area contributed by atoms with Crippen LogP contribution in [0.4, 0.5) is 0 Å². The third-order valence-corrected chi connectivity index (χ3v) is 4.52. The fourth-order valence-electron chi connectivity index (χ4n) is 3.34. The minimum atomic E-state index is -0.0496. The zero-order valence-electron chi connectivity index (χ0n) is 11.9. The van der Waals surface area contributed by atoms with Crippen molar-refractivity contribution in [2.75, 3.05) is 13.2 Å². The van der Waals surface area contributed by atoms with E-state index in [4.69, 9.17) is 15.2 Å². The van der Waals surface area contributed by atoms with E-state index in [0.29, 0.717) is 6.61 Å². The molecule has 0 saturated carbocycles. The van der Waals surface area contributed by atoms with Crippen molar-refractivity contribution < 1.29 is 9.47 Å². The maximum atomic E-state index is 6.54. The molecule has 2 unspecified atom stereocenters. The molecule has 0 spiro atoms. The second-order valence-electron chi connectivity index (χ2n) is 5.84. The lowest BCUT2D eigenvalue weighted by Crippen LogP contribution is -2.31. The van der Waals surface area contributed by atoms with Crippen LogP contribution in [0.5, 0.6) is 11.5 Å². The van der Waals surface area contributed by atoms with E-state index in [1.807, 2.05) is 12.1 Å². The Hall–Kier alpha value is -2.00.